The van der Waals surface area contributed by atoms with E-state index in [9.17, 15) is 5.11 Å². The predicted octanol–water partition coefficient (Wildman–Crippen LogP) is 0.261. The monoisotopic (exact) mass is 219 g/mol. The first-order valence-corrected chi connectivity index (χ1v) is 4.41. The van der Waals surface area contributed by atoms with E-state index in [2.05, 4.69) is 15.5 Å². The zero-order valence-electron chi connectivity index (χ0n) is 8.45. The van der Waals surface area contributed by atoms with E-state index < -0.39 is 0 Å². The Kier molecular flexibility index (Phi) is 2.50. The molecule has 0 saturated heterocycles. The Morgan fingerprint density at radius 3 is 2.94 bits per heavy atom. The first-order chi connectivity index (χ1) is 7.72. The molecule has 1 aromatic heterocycles. The van der Waals surface area contributed by atoms with Crippen molar-refractivity contribution in [3.63, 3.8) is 0 Å². The van der Waals surface area contributed by atoms with Gasteiger partial charge in [-0.05, 0) is 28.6 Å². The highest BCUT2D eigenvalue weighted by molar-refractivity contribution is 5.97. The van der Waals surface area contributed by atoms with Gasteiger partial charge in [-0.1, -0.05) is 0 Å². The summed E-state index contributed by atoms with van der Waals surface area (Å²) in [5.41, 5.74) is 0.543. The smallest absolute Gasteiger partial charge is 0.161 e. The molecule has 0 aliphatic carbocycles. The van der Waals surface area contributed by atoms with Crippen molar-refractivity contribution >= 4 is 5.84 Å². The minimum Gasteiger partial charge on any atom is -0.504 e. The van der Waals surface area contributed by atoms with Gasteiger partial charge in [-0.15, -0.1) is 5.10 Å². The van der Waals surface area contributed by atoms with Crippen molar-refractivity contribution in [3.05, 3.63) is 30.1 Å². The Morgan fingerprint density at radius 1 is 1.50 bits per heavy atom. The molecular weight excluding hydrogens is 210 g/mol. The molecule has 2 aromatic rings. The summed E-state index contributed by atoms with van der Waals surface area (Å²) in [4.78, 5) is 0. The van der Waals surface area contributed by atoms with Gasteiger partial charge in [-0.25, -0.2) is 0 Å². The SMILES string of the molecule is COc1cc(C(=N)n2cnnn2)ccc1O. The number of hydrogen-bond donors (Lipinski definition) is 2. The fraction of sp³-hybridized carbons (Fsp3) is 0.111. The minimum atomic E-state index is 0.0239. The molecule has 2 rings (SSSR count). The Morgan fingerprint density at radius 2 is 2.31 bits per heavy atom. The second kappa shape index (κ2) is 3.97. The third-order valence-electron chi connectivity index (χ3n) is 2.03. The van der Waals surface area contributed by atoms with Gasteiger partial charge in [-0.3, -0.25) is 5.41 Å². The quantitative estimate of drug-likeness (QED) is 0.557. The zero-order valence-corrected chi connectivity index (χ0v) is 8.45. The van der Waals surface area contributed by atoms with E-state index in [0.29, 0.717) is 11.3 Å². The molecule has 0 saturated carbocycles. The number of nitrogens with one attached hydrogen (secondary N) is 1. The average Bonchev–Trinajstić information content (AvgIpc) is 2.82. The van der Waals surface area contributed by atoms with Crippen LogP contribution in [0.4, 0.5) is 0 Å². The van der Waals surface area contributed by atoms with Crippen LogP contribution in [0.5, 0.6) is 11.5 Å². The maximum Gasteiger partial charge on any atom is 0.161 e. The van der Waals surface area contributed by atoms with Crippen LogP contribution in [0.3, 0.4) is 0 Å². The Labute approximate surface area is 90.8 Å². The van der Waals surface area contributed by atoms with Crippen molar-refractivity contribution in [3.8, 4) is 11.5 Å². The number of phenols is 1. The minimum absolute atomic E-state index is 0.0239. The third kappa shape index (κ3) is 1.70. The van der Waals surface area contributed by atoms with E-state index in [1.54, 1.807) is 12.1 Å². The maximum atomic E-state index is 9.40. The second-order valence-electron chi connectivity index (χ2n) is 2.99. The fourth-order valence-corrected chi connectivity index (χ4v) is 1.22. The van der Waals surface area contributed by atoms with Gasteiger partial charge in [0.15, 0.2) is 17.3 Å². The normalized spacial score (nSPS) is 10.1. The zero-order chi connectivity index (χ0) is 11.5. The molecule has 0 amide bonds. The van der Waals surface area contributed by atoms with E-state index in [0.717, 1.165) is 0 Å². The van der Waals surface area contributed by atoms with Crippen molar-refractivity contribution in [2.75, 3.05) is 7.11 Å². The number of nitrogens with zero attached hydrogens (tertiary/aromatic N) is 4. The Hall–Kier alpha value is -2.44. The van der Waals surface area contributed by atoms with Crippen LogP contribution in [0.15, 0.2) is 24.5 Å². The molecule has 0 aliphatic heterocycles. The van der Waals surface area contributed by atoms with Crippen molar-refractivity contribution in [1.82, 2.24) is 20.2 Å². The number of aromatic hydroxyl groups is 1. The summed E-state index contributed by atoms with van der Waals surface area (Å²) in [7, 11) is 1.44. The standard InChI is InChI=1S/C9H9N5O2/c1-16-8-4-6(2-3-7(8)15)9(10)14-5-11-12-13-14/h2-5,10,15H,1H3. The summed E-state index contributed by atoms with van der Waals surface area (Å²) in [6, 6.07) is 4.58. The molecule has 0 atom stereocenters. The van der Waals surface area contributed by atoms with Crippen LogP contribution in [0, 0.1) is 5.41 Å². The molecule has 1 heterocycles. The molecule has 0 spiro atoms. The molecule has 0 aliphatic rings. The average molecular weight is 219 g/mol. The van der Waals surface area contributed by atoms with Gasteiger partial charge >= 0.3 is 0 Å². The molecule has 0 unspecified atom stereocenters. The molecule has 7 heteroatoms. The lowest BCUT2D eigenvalue weighted by Gasteiger charge is -2.06. The Balaban J connectivity index is 2.38. The molecule has 0 bridgehead atoms. The summed E-state index contributed by atoms with van der Waals surface area (Å²) in [6.07, 6.45) is 1.32. The molecule has 16 heavy (non-hydrogen) atoms. The van der Waals surface area contributed by atoms with E-state index in [1.807, 2.05) is 0 Å². The van der Waals surface area contributed by atoms with Gasteiger partial charge < -0.3 is 9.84 Å². The van der Waals surface area contributed by atoms with Crippen LogP contribution >= 0.6 is 0 Å². The van der Waals surface area contributed by atoms with Crippen LogP contribution < -0.4 is 4.74 Å². The number of phenolic OH excluding ortho intramolecular Hbond substituents is 1. The van der Waals surface area contributed by atoms with Crippen LogP contribution in [0.1, 0.15) is 5.56 Å². The molecule has 82 valence electrons. The number of benzene rings is 1. The van der Waals surface area contributed by atoms with Crippen LogP contribution in [0.2, 0.25) is 0 Å². The lowest BCUT2D eigenvalue weighted by atomic mass is 10.2. The topological polar surface area (TPSA) is 96.9 Å². The molecule has 1 aromatic carbocycles. The number of tetrazole rings is 1. The maximum absolute atomic E-state index is 9.40. The molecule has 0 fully saturated rings. The third-order valence-corrected chi connectivity index (χ3v) is 2.03. The summed E-state index contributed by atoms with van der Waals surface area (Å²) in [5.74, 6) is 0.425. The van der Waals surface area contributed by atoms with E-state index >= 15 is 0 Å². The van der Waals surface area contributed by atoms with Crippen LogP contribution in [0.25, 0.3) is 0 Å². The summed E-state index contributed by atoms with van der Waals surface area (Å²) in [6.45, 7) is 0. The largest absolute Gasteiger partial charge is 0.504 e. The summed E-state index contributed by atoms with van der Waals surface area (Å²) < 4.78 is 6.16. The van der Waals surface area contributed by atoms with E-state index in [-0.39, 0.29) is 11.6 Å². The number of rotatable bonds is 2. The van der Waals surface area contributed by atoms with E-state index in [4.69, 9.17) is 10.1 Å². The highest BCUT2D eigenvalue weighted by Gasteiger charge is 2.09. The summed E-state index contributed by atoms with van der Waals surface area (Å²) in [5, 5.41) is 27.7. The molecule has 0 radical (unpaired) electrons. The number of methoxy groups -OCH3 is 1. The molecule has 2 N–H and O–H groups in total. The second-order valence-corrected chi connectivity index (χ2v) is 2.99. The van der Waals surface area contributed by atoms with Gasteiger partial charge in [0, 0.05) is 5.56 Å². The Bertz CT molecular complexity index is 509. The van der Waals surface area contributed by atoms with Crippen molar-refractivity contribution < 1.29 is 9.84 Å². The van der Waals surface area contributed by atoms with Crippen LogP contribution in [-0.4, -0.2) is 38.3 Å². The van der Waals surface area contributed by atoms with Gasteiger partial charge in [0.2, 0.25) is 0 Å². The summed E-state index contributed by atoms with van der Waals surface area (Å²) >= 11 is 0. The highest BCUT2D eigenvalue weighted by Crippen LogP contribution is 2.26. The molecular formula is C9H9N5O2. The lowest BCUT2D eigenvalue weighted by molar-refractivity contribution is 0.373. The van der Waals surface area contributed by atoms with Crippen molar-refractivity contribution in [1.29, 1.82) is 5.41 Å². The molecule has 7 nitrogen and oxygen atoms in total. The van der Waals surface area contributed by atoms with Crippen molar-refractivity contribution in [2.45, 2.75) is 0 Å². The predicted molar refractivity (Wildman–Crippen MR) is 54.7 cm³/mol. The van der Waals surface area contributed by atoms with Gasteiger partial charge in [0.05, 0.1) is 7.11 Å². The van der Waals surface area contributed by atoms with E-state index in [1.165, 1.54) is 24.2 Å². The number of hydrogen-bond acceptors (Lipinski definition) is 6. The van der Waals surface area contributed by atoms with Crippen LogP contribution in [-0.2, 0) is 0 Å². The van der Waals surface area contributed by atoms with Crippen molar-refractivity contribution in [2.24, 2.45) is 0 Å². The van der Waals surface area contributed by atoms with Gasteiger partial charge in [0.1, 0.15) is 6.33 Å². The highest BCUT2D eigenvalue weighted by atomic mass is 16.5. The first-order valence-electron chi connectivity index (χ1n) is 4.41. The number of ether oxygens (including phenoxy) is 1. The fourth-order valence-electron chi connectivity index (χ4n) is 1.22. The number of aromatic nitrogens is 4. The van der Waals surface area contributed by atoms with Gasteiger partial charge in [0.25, 0.3) is 0 Å². The lowest BCUT2D eigenvalue weighted by Crippen LogP contribution is -2.12. The van der Waals surface area contributed by atoms with Gasteiger partial charge in [-0.2, -0.15) is 4.68 Å². The first kappa shape index (κ1) is 10.1.